The van der Waals surface area contributed by atoms with Gasteiger partial charge >= 0.3 is 0 Å². The van der Waals surface area contributed by atoms with Gasteiger partial charge in [-0.05, 0) is 30.6 Å². The maximum absolute atomic E-state index is 12.7. The van der Waals surface area contributed by atoms with Crippen LogP contribution in [-0.4, -0.2) is 21.6 Å². The van der Waals surface area contributed by atoms with Gasteiger partial charge in [0.15, 0.2) is 5.76 Å². The number of aliphatic hydroxyl groups is 1. The topological polar surface area (TPSA) is 67.9 Å². The predicted octanol–water partition coefficient (Wildman–Crippen LogP) is 3.10. The molecule has 25 heavy (non-hydrogen) atoms. The van der Waals surface area contributed by atoms with Gasteiger partial charge in [-0.25, -0.2) is 4.39 Å². The van der Waals surface area contributed by atoms with Crippen molar-refractivity contribution in [3.05, 3.63) is 47.1 Å². The van der Waals surface area contributed by atoms with Crippen molar-refractivity contribution in [2.75, 3.05) is 0 Å². The van der Waals surface area contributed by atoms with Crippen molar-refractivity contribution in [3.8, 4) is 0 Å². The highest BCUT2D eigenvalue weighted by Crippen LogP contribution is 2.47. The smallest absolute Gasteiger partial charge is 0.184 e. The average Bonchev–Trinajstić information content (AvgIpc) is 2.99. The standard InChI is InChI=1S/C11H14N2O2.C7H8FOP/c1-2-3-8-6-10(14-12-8)9-7-11(4-5-11)15-13-9;8-6-2-1-3-7(10)5(6)4-9/h6H,2-5,7H2,1H3;1-3,9H,4,10H2. The van der Waals surface area contributed by atoms with Crippen LogP contribution in [0.25, 0.3) is 0 Å². The molecule has 4 rings (SSSR count). The molecule has 1 fully saturated rings. The van der Waals surface area contributed by atoms with Crippen molar-refractivity contribution in [2.45, 2.75) is 51.2 Å². The van der Waals surface area contributed by atoms with Crippen LogP contribution in [0.3, 0.4) is 0 Å². The van der Waals surface area contributed by atoms with Crippen molar-refractivity contribution in [3.63, 3.8) is 0 Å². The third-order valence-corrected chi connectivity index (χ3v) is 4.85. The Kier molecular flexibility index (Phi) is 5.50. The van der Waals surface area contributed by atoms with Crippen LogP contribution in [0.5, 0.6) is 0 Å². The molecule has 2 aromatic rings. The predicted molar refractivity (Wildman–Crippen MR) is 96.4 cm³/mol. The Balaban J connectivity index is 0.000000160. The molecular formula is C18H22FN2O3P. The number of rotatable bonds is 4. The van der Waals surface area contributed by atoms with Gasteiger partial charge in [-0.2, -0.15) is 0 Å². The highest BCUT2D eigenvalue weighted by atomic mass is 31.0. The number of nitrogens with zero attached hydrogens (tertiary/aromatic N) is 2. The first kappa shape index (κ1) is 18.0. The van der Waals surface area contributed by atoms with E-state index in [2.05, 4.69) is 26.5 Å². The summed E-state index contributed by atoms with van der Waals surface area (Å²) in [7, 11) is 2.37. The van der Waals surface area contributed by atoms with Crippen LogP contribution >= 0.6 is 9.24 Å². The lowest BCUT2D eigenvalue weighted by molar-refractivity contribution is 0.0650. The summed E-state index contributed by atoms with van der Waals surface area (Å²) in [5.74, 6) is 0.428. The van der Waals surface area contributed by atoms with E-state index in [1.165, 1.54) is 6.07 Å². The Morgan fingerprint density at radius 1 is 1.36 bits per heavy atom. The van der Waals surface area contributed by atoms with Gasteiger partial charge < -0.3 is 14.5 Å². The van der Waals surface area contributed by atoms with Crippen molar-refractivity contribution in [2.24, 2.45) is 5.16 Å². The Bertz CT molecular complexity index is 751. The minimum Gasteiger partial charge on any atom is -0.392 e. The summed E-state index contributed by atoms with van der Waals surface area (Å²) in [6.07, 6.45) is 5.17. The second kappa shape index (κ2) is 7.63. The Hall–Kier alpha value is -1.78. The minimum atomic E-state index is -0.352. The number of aliphatic hydroxyl groups excluding tert-OH is 1. The fraction of sp³-hybridized carbons (Fsp3) is 0.444. The molecule has 1 aliphatic carbocycles. The molecule has 1 spiro atoms. The van der Waals surface area contributed by atoms with Crippen LogP contribution < -0.4 is 5.30 Å². The zero-order chi connectivity index (χ0) is 17.9. The molecule has 2 aliphatic rings. The molecule has 1 saturated carbocycles. The van der Waals surface area contributed by atoms with Gasteiger partial charge in [-0.3, -0.25) is 0 Å². The van der Waals surface area contributed by atoms with Gasteiger partial charge in [0.1, 0.15) is 17.1 Å². The fourth-order valence-corrected chi connectivity index (χ4v) is 2.97. The van der Waals surface area contributed by atoms with Crippen LogP contribution in [0.15, 0.2) is 33.9 Å². The molecular weight excluding hydrogens is 342 g/mol. The highest BCUT2D eigenvalue weighted by molar-refractivity contribution is 7.27. The van der Waals surface area contributed by atoms with Gasteiger partial charge in [-0.1, -0.05) is 35.8 Å². The molecule has 1 aliphatic heterocycles. The van der Waals surface area contributed by atoms with E-state index in [0.717, 1.165) is 49.3 Å². The zero-order valence-electron chi connectivity index (χ0n) is 14.2. The average molecular weight is 364 g/mol. The third kappa shape index (κ3) is 4.25. The van der Waals surface area contributed by atoms with Gasteiger partial charge in [0, 0.05) is 18.1 Å². The molecule has 1 atom stereocenters. The normalized spacial score (nSPS) is 16.9. The summed E-state index contributed by atoms with van der Waals surface area (Å²) in [5, 5.41) is 17.4. The molecule has 5 nitrogen and oxygen atoms in total. The summed E-state index contributed by atoms with van der Waals surface area (Å²) in [6, 6.07) is 6.66. The van der Waals surface area contributed by atoms with Gasteiger partial charge in [-0.15, -0.1) is 9.24 Å². The maximum Gasteiger partial charge on any atom is 0.184 e. The molecule has 0 saturated heterocycles. The number of halogens is 1. The lowest BCUT2D eigenvalue weighted by atomic mass is 10.1. The van der Waals surface area contributed by atoms with Crippen LogP contribution in [0, 0.1) is 5.82 Å². The van der Waals surface area contributed by atoms with Crippen molar-refractivity contribution >= 4 is 20.3 Å². The van der Waals surface area contributed by atoms with E-state index in [-0.39, 0.29) is 18.0 Å². The van der Waals surface area contributed by atoms with Gasteiger partial charge in [0.2, 0.25) is 0 Å². The Morgan fingerprint density at radius 3 is 2.72 bits per heavy atom. The monoisotopic (exact) mass is 364 g/mol. The molecule has 1 aromatic heterocycles. The molecule has 2 heterocycles. The summed E-state index contributed by atoms with van der Waals surface area (Å²) in [4.78, 5) is 5.39. The van der Waals surface area contributed by atoms with Crippen LogP contribution in [0.4, 0.5) is 4.39 Å². The number of hydrogen-bond acceptors (Lipinski definition) is 5. The molecule has 1 unspecified atom stereocenters. The molecule has 0 radical (unpaired) electrons. The minimum absolute atomic E-state index is 0.0348. The number of aryl methyl sites for hydroxylation is 1. The van der Waals surface area contributed by atoms with E-state index in [1.54, 1.807) is 12.1 Å². The fourth-order valence-electron chi connectivity index (χ4n) is 2.63. The van der Waals surface area contributed by atoms with E-state index in [9.17, 15) is 4.39 Å². The first-order valence-corrected chi connectivity index (χ1v) is 8.99. The van der Waals surface area contributed by atoms with Crippen LogP contribution in [0.2, 0.25) is 0 Å². The molecule has 1 aromatic carbocycles. The highest BCUT2D eigenvalue weighted by Gasteiger charge is 2.51. The summed E-state index contributed by atoms with van der Waals surface area (Å²) >= 11 is 0. The quantitative estimate of drug-likeness (QED) is 0.847. The summed E-state index contributed by atoms with van der Waals surface area (Å²) in [6.45, 7) is 1.88. The van der Waals surface area contributed by atoms with Crippen LogP contribution in [-0.2, 0) is 17.9 Å². The maximum atomic E-state index is 12.7. The largest absolute Gasteiger partial charge is 0.392 e. The molecule has 0 amide bonds. The van der Waals surface area contributed by atoms with E-state index in [1.807, 2.05) is 6.07 Å². The van der Waals surface area contributed by atoms with E-state index in [0.29, 0.717) is 10.9 Å². The first-order chi connectivity index (χ1) is 12.1. The van der Waals surface area contributed by atoms with E-state index < -0.39 is 0 Å². The third-order valence-electron chi connectivity index (χ3n) is 4.31. The number of hydrogen-bond donors (Lipinski definition) is 1. The zero-order valence-corrected chi connectivity index (χ0v) is 15.3. The lowest BCUT2D eigenvalue weighted by Crippen LogP contribution is -2.07. The van der Waals surface area contributed by atoms with E-state index >= 15 is 0 Å². The molecule has 0 bridgehead atoms. The second-order valence-electron chi connectivity index (χ2n) is 6.39. The first-order valence-electron chi connectivity index (χ1n) is 8.41. The SMILES string of the molecule is CCCc1cc(C2=NOC3(CC3)C2)on1.OCc1c(F)cccc1P. The van der Waals surface area contributed by atoms with Gasteiger partial charge in [0.25, 0.3) is 0 Å². The molecule has 134 valence electrons. The molecule has 7 heteroatoms. The van der Waals surface area contributed by atoms with Crippen LogP contribution in [0.1, 0.15) is 49.6 Å². The van der Waals surface area contributed by atoms with Crippen molar-refractivity contribution in [1.29, 1.82) is 0 Å². The number of oxime groups is 1. The number of benzene rings is 1. The van der Waals surface area contributed by atoms with Crippen molar-refractivity contribution in [1.82, 2.24) is 5.16 Å². The summed E-state index contributed by atoms with van der Waals surface area (Å²) in [5.41, 5.74) is 2.31. The lowest BCUT2D eigenvalue weighted by Gasteiger charge is -2.00. The second-order valence-corrected chi connectivity index (χ2v) is 7.01. The Morgan fingerprint density at radius 2 is 2.16 bits per heavy atom. The molecule has 1 N–H and O–H groups in total. The van der Waals surface area contributed by atoms with Gasteiger partial charge in [0.05, 0.1) is 12.3 Å². The van der Waals surface area contributed by atoms with Crippen molar-refractivity contribution < 1.29 is 18.9 Å². The number of aromatic nitrogens is 1. The summed E-state index contributed by atoms with van der Waals surface area (Å²) < 4.78 is 17.9. The Labute approximate surface area is 148 Å². The van der Waals surface area contributed by atoms with E-state index in [4.69, 9.17) is 14.5 Å².